The van der Waals surface area contributed by atoms with Gasteiger partial charge < -0.3 is 9.17 Å². The summed E-state index contributed by atoms with van der Waals surface area (Å²) < 4.78 is 64.1. The zero-order valence-corrected chi connectivity index (χ0v) is 27.1. The number of pyridine rings is 1. The van der Waals surface area contributed by atoms with Gasteiger partial charge in [-0.05, 0) is 44.5 Å². The lowest BCUT2D eigenvalue weighted by Gasteiger charge is -2.11. The molecule has 252 valence electrons. The van der Waals surface area contributed by atoms with Crippen LogP contribution in [0.1, 0.15) is 0 Å². The average molecular weight is 704 g/mol. The fourth-order valence-corrected chi connectivity index (χ4v) is 6.21. The SMILES string of the molecule is O=S(=O)(Oc1ncc2c3ccccc3c3ccccc3c2n1)C(F)(F)F.O=c1ncc2c3ccccc3c3ccccc3c2[nH]1.c1ccncc1. The number of halogens is 3. The minimum absolute atomic E-state index is 0.307. The first-order chi connectivity index (χ1) is 24.6. The molecule has 6 aromatic carbocycles. The number of hydrogen-bond donors (Lipinski definition) is 1. The third-order valence-electron chi connectivity index (χ3n) is 8.01. The monoisotopic (exact) mass is 703 g/mol. The molecule has 51 heavy (non-hydrogen) atoms. The molecule has 0 atom stereocenters. The lowest BCUT2D eigenvalue weighted by molar-refractivity contribution is -0.0502. The van der Waals surface area contributed by atoms with E-state index in [1.54, 1.807) is 30.7 Å². The topological polar surface area (TPSA) is 128 Å². The zero-order chi connectivity index (χ0) is 35.6. The predicted octanol–water partition coefficient (Wildman–Crippen LogP) is 8.48. The van der Waals surface area contributed by atoms with Crippen molar-refractivity contribution in [2.24, 2.45) is 0 Å². The quantitative estimate of drug-likeness (QED) is 0.108. The molecule has 3 aromatic heterocycles. The first kappa shape index (κ1) is 33.0. The molecule has 0 amide bonds. The molecule has 13 heteroatoms. The first-order valence-electron chi connectivity index (χ1n) is 15.3. The number of nitrogens with one attached hydrogen (secondary N) is 1. The van der Waals surface area contributed by atoms with Crippen molar-refractivity contribution >= 4 is 75.0 Å². The highest BCUT2D eigenvalue weighted by molar-refractivity contribution is 7.87. The second kappa shape index (κ2) is 13.4. The molecule has 0 aliphatic carbocycles. The fraction of sp³-hybridized carbons (Fsp3) is 0.0263. The summed E-state index contributed by atoms with van der Waals surface area (Å²) in [5.74, 6) is 0. The summed E-state index contributed by atoms with van der Waals surface area (Å²) in [7, 11) is -5.84. The minimum atomic E-state index is -5.84. The van der Waals surface area contributed by atoms with Gasteiger partial charge in [0.25, 0.3) is 0 Å². The van der Waals surface area contributed by atoms with Crippen LogP contribution in [0.25, 0.3) is 64.9 Å². The molecule has 9 nitrogen and oxygen atoms in total. The summed E-state index contributed by atoms with van der Waals surface area (Å²) in [5, 5.41) is 9.26. The van der Waals surface area contributed by atoms with Gasteiger partial charge in [0.1, 0.15) is 0 Å². The van der Waals surface area contributed by atoms with Crippen molar-refractivity contribution < 1.29 is 25.8 Å². The standard InChI is InChI=1S/C17H9F3N2O3S.C16H10N2O.C5H5N/c18-17(19,20)26(23,24)25-16-21-9-14-12-7-2-1-5-10(12)11-6-3-4-8-13(11)15(14)22-16;19-16-17-9-14-12-7-2-1-5-10(12)11-6-3-4-8-13(11)15(14)18-16;1-2-4-6-5-3-1/h1-9H;1-9H,(H,17,18,19);1-5H. The molecule has 1 N–H and O–H groups in total. The van der Waals surface area contributed by atoms with Gasteiger partial charge >= 0.3 is 27.3 Å². The van der Waals surface area contributed by atoms with Gasteiger partial charge in [0.15, 0.2) is 0 Å². The van der Waals surface area contributed by atoms with Crippen molar-refractivity contribution in [2.45, 2.75) is 5.51 Å². The van der Waals surface area contributed by atoms with E-state index in [0.717, 1.165) is 43.2 Å². The Labute approximate surface area is 287 Å². The van der Waals surface area contributed by atoms with Gasteiger partial charge in [0, 0.05) is 46.3 Å². The summed E-state index contributed by atoms with van der Waals surface area (Å²) >= 11 is 0. The Morgan fingerprint density at radius 3 is 1.51 bits per heavy atom. The van der Waals surface area contributed by atoms with E-state index in [2.05, 4.69) is 47.3 Å². The van der Waals surface area contributed by atoms with Gasteiger partial charge in [-0.2, -0.15) is 26.6 Å². The van der Waals surface area contributed by atoms with Crippen molar-refractivity contribution in [1.82, 2.24) is 24.9 Å². The molecule has 0 aliphatic heterocycles. The maximum Gasteiger partial charge on any atom is 0.534 e. The lowest BCUT2D eigenvalue weighted by Crippen LogP contribution is -2.28. The van der Waals surface area contributed by atoms with Crippen LogP contribution < -0.4 is 9.87 Å². The van der Waals surface area contributed by atoms with Crippen LogP contribution in [0.15, 0.2) is 145 Å². The van der Waals surface area contributed by atoms with Crippen molar-refractivity contribution in [2.75, 3.05) is 0 Å². The number of hydrogen-bond acceptors (Lipinski definition) is 8. The van der Waals surface area contributed by atoms with E-state index in [-0.39, 0.29) is 5.69 Å². The molecule has 0 bridgehead atoms. The number of aromatic nitrogens is 5. The number of H-pyrrole nitrogens is 1. The van der Waals surface area contributed by atoms with E-state index >= 15 is 0 Å². The van der Waals surface area contributed by atoms with E-state index < -0.39 is 21.6 Å². The molecule has 0 radical (unpaired) electrons. The summed E-state index contributed by atoms with van der Waals surface area (Å²) in [6.45, 7) is 0. The Morgan fingerprint density at radius 2 is 1.00 bits per heavy atom. The zero-order valence-electron chi connectivity index (χ0n) is 26.2. The normalized spacial score (nSPS) is 11.7. The fourth-order valence-electron chi connectivity index (χ4n) is 5.84. The smallest absolute Gasteiger partial charge is 0.337 e. The lowest BCUT2D eigenvalue weighted by atomic mass is 9.98. The molecule has 0 saturated carbocycles. The number of rotatable bonds is 2. The maximum atomic E-state index is 12.5. The number of aromatic amines is 1. The Hall–Kier alpha value is -6.47. The Bertz CT molecular complexity index is 2790. The van der Waals surface area contributed by atoms with Gasteiger partial charge in [0.2, 0.25) is 0 Å². The number of fused-ring (bicyclic) bond motifs is 12. The number of benzene rings is 6. The highest BCUT2D eigenvalue weighted by atomic mass is 32.2. The van der Waals surface area contributed by atoms with E-state index in [4.69, 9.17) is 0 Å². The number of alkyl halides is 3. The summed E-state index contributed by atoms with van der Waals surface area (Å²) in [6, 6.07) is 35.7. The summed E-state index contributed by atoms with van der Waals surface area (Å²) in [6.07, 6.45) is 6.42. The molecule has 0 unspecified atom stereocenters. The van der Waals surface area contributed by atoms with Crippen LogP contribution >= 0.6 is 0 Å². The van der Waals surface area contributed by atoms with E-state index in [0.29, 0.717) is 16.3 Å². The van der Waals surface area contributed by atoms with Gasteiger partial charge in [-0.25, -0.2) is 14.8 Å². The molecular formula is C38H24F3N5O4S. The largest absolute Gasteiger partial charge is 0.534 e. The average Bonchev–Trinajstić information content (AvgIpc) is 3.16. The third kappa shape index (κ3) is 6.49. The molecular weight excluding hydrogens is 680 g/mol. The van der Waals surface area contributed by atoms with Gasteiger partial charge in [-0.15, -0.1) is 0 Å². The number of nitrogens with zero attached hydrogens (tertiary/aromatic N) is 4. The van der Waals surface area contributed by atoms with Crippen LogP contribution in [0.5, 0.6) is 6.01 Å². The predicted molar refractivity (Wildman–Crippen MR) is 192 cm³/mol. The van der Waals surface area contributed by atoms with Crippen LogP contribution in [-0.4, -0.2) is 38.8 Å². The molecule has 3 heterocycles. The second-order valence-electron chi connectivity index (χ2n) is 11.1. The second-order valence-corrected chi connectivity index (χ2v) is 12.6. The van der Waals surface area contributed by atoms with Gasteiger partial charge in [-0.3, -0.25) is 4.98 Å². The van der Waals surface area contributed by atoms with Crippen LogP contribution in [0.3, 0.4) is 0 Å². The minimum Gasteiger partial charge on any atom is -0.337 e. The van der Waals surface area contributed by atoms with E-state index in [1.165, 1.54) is 11.6 Å². The van der Waals surface area contributed by atoms with Crippen LogP contribution in [0, 0.1) is 0 Å². The Kier molecular flexibility index (Phi) is 8.71. The molecule has 9 aromatic rings. The van der Waals surface area contributed by atoms with Crippen molar-refractivity contribution in [3.63, 3.8) is 0 Å². The third-order valence-corrected chi connectivity index (χ3v) is 8.94. The van der Waals surface area contributed by atoms with Crippen molar-refractivity contribution in [3.8, 4) is 6.01 Å². The van der Waals surface area contributed by atoms with Gasteiger partial charge in [-0.1, -0.05) is 103 Å². The summed E-state index contributed by atoms with van der Waals surface area (Å²) in [5.41, 5.74) is -4.71. The van der Waals surface area contributed by atoms with Crippen LogP contribution in [-0.2, 0) is 10.1 Å². The highest BCUT2D eigenvalue weighted by Crippen LogP contribution is 2.35. The molecule has 0 fully saturated rings. The van der Waals surface area contributed by atoms with E-state index in [9.17, 15) is 26.4 Å². The Balaban J connectivity index is 0.000000141. The maximum absolute atomic E-state index is 12.5. The Morgan fingerprint density at radius 1 is 0.549 bits per heavy atom. The van der Waals surface area contributed by atoms with Crippen LogP contribution in [0.4, 0.5) is 13.2 Å². The summed E-state index contributed by atoms with van der Waals surface area (Å²) in [4.78, 5) is 29.6. The molecule has 9 rings (SSSR count). The van der Waals surface area contributed by atoms with Crippen molar-refractivity contribution in [1.29, 1.82) is 0 Å². The molecule has 0 aliphatic rings. The van der Waals surface area contributed by atoms with Crippen LogP contribution in [0.2, 0.25) is 0 Å². The van der Waals surface area contributed by atoms with E-state index in [1.807, 2.05) is 84.9 Å². The van der Waals surface area contributed by atoms with Crippen molar-refractivity contribution in [3.05, 3.63) is 151 Å². The highest BCUT2D eigenvalue weighted by Gasteiger charge is 2.49. The first-order valence-corrected chi connectivity index (χ1v) is 16.7. The van der Waals surface area contributed by atoms with Gasteiger partial charge in [0.05, 0.1) is 11.0 Å². The molecule has 0 saturated heterocycles. The molecule has 0 spiro atoms.